The van der Waals surface area contributed by atoms with E-state index >= 15 is 0 Å². The highest BCUT2D eigenvalue weighted by molar-refractivity contribution is 6.01. The summed E-state index contributed by atoms with van der Waals surface area (Å²) in [6, 6.07) is 3.42. The molecule has 1 saturated heterocycles. The molecule has 8 heteroatoms. The second-order valence-electron chi connectivity index (χ2n) is 5.96. The van der Waals surface area contributed by atoms with Crippen LogP contribution in [0.5, 0.6) is 5.75 Å². The Bertz CT molecular complexity index is 707. The number of piperidine rings is 1. The highest BCUT2D eigenvalue weighted by Gasteiger charge is 2.81. The first-order chi connectivity index (χ1) is 10.8. The summed E-state index contributed by atoms with van der Waals surface area (Å²) < 4.78 is 18.4. The Hall–Kier alpha value is -2.64. The first-order valence-corrected chi connectivity index (χ1v) is 6.87. The monoisotopic (exact) mass is 323 g/mol. The fourth-order valence-corrected chi connectivity index (χ4v) is 3.45. The van der Waals surface area contributed by atoms with Gasteiger partial charge in [0.25, 0.3) is 5.91 Å². The molecule has 2 aliphatic rings. The third-order valence-electron chi connectivity index (χ3n) is 4.81. The average molecular weight is 323 g/mol. The number of ether oxygens (including phenoxy) is 1. The predicted octanol–water partition coefficient (Wildman–Crippen LogP) is 0.836. The van der Waals surface area contributed by atoms with E-state index in [1.807, 2.05) is 0 Å². The summed E-state index contributed by atoms with van der Waals surface area (Å²) in [7, 11) is 1.32. The van der Waals surface area contributed by atoms with E-state index < -0.39 is 34.5 Å². The summed E-state index contributed by atoms with van der Waals surface area (Å²) in [5, 5.41) is 18.7. The number of likely N-dealkylation sites (tertiary alicyclic amines) is 1. The maximum Gasteiger partial charge on any atom is 0.312 e. The molecule has 1 saturated carbocycles. The Morgan fingerprint density at radius 1 is 1.17 bits per heavy atom. The molecule has 1 aliphatic carbocycles. The Morgan fingerprint density at radius 2 is 1.74 bits per heavy atom. The van der Waals surface area contributed by atoms with E-state index in [4.69, 9.17) is 4.74 Å². The Balaban J connectivity index is 1.93. The average Bonchev–Trinajstić information content (AvgIpc) is 3.05. The Morgan fingerprint density at radius 3 is 2.22 bits per heavy atom. The van der Waals surface area contributed by atoms with Gasteiger partial charge < -0.3 is 19.8 Å². The molecule has 3 rings (SSSR count). The minimum absolute atomic E-state index is 0.00523. The standard InChI is InChI=1S/C15H14FNO6/c1-23-10-3-2-8(16)4-9(10)11(18)17-6-14(12(19)20)5-15(14,7-17)13(21)22/h2-4H,5-7H2,1H3,(H,19,20)(H,21,22)/t14-,15+. The lowest BCUT2D eigenvalue weighted by Crippen LogP contribution is -2.34. The maximum atomic E-state index is 13.4. The fourth-order valence-electron chi connectivity index (χ4n) is 3.45. The molecule has 1 aromatic carbocycles. The van der Waals surface area contributed by atoms with E-state index in [0.29, 0.717) is 0 Å². The lowest BCUT2D eigenvalue weighted by atomic mass is 9.97. The molecule has 0 bridgehead atoms. The van der Waals surface area contributed by atoms with Crippen molar-refractivity contribution in [2.45, 2.75) is 6.42 Å². The molecule has 7 nitrogen and oxygen atoms in total. The molecule has 1 amide bonds. The van der Waals surface area contributed by atoms with Crippen LogP contribution in [0.2, 0.25) is 0 Å². The molecule has 2 N–H and O–H groups in total. The summed E-state index contributed by atoms with van der Waals surface area (Å²) in [5.74, 6) is -3.61. The summed E-state index contributed by atoms with van der Waals surface area (Å²) in [6.07, 6.45) is -0.00523. The molecule has 0 spiro atoms. The van der Waals surface area contributed by atoms with Crippen molar-refractivity contribution in [1.82, 2.24) is 4.90 Å². The van der Waals surface area contributed by atoms with Crippen LogP contribution in [-0.4, -0.2) is 53.2 Å². The lowest BCUT2D eigenvalue weighted by Gasteiger charge is -2.21. The van der Waals surface area contributed by atoms with E-state index in [1.54, 1.807) is 0 Å². The largest absolute Gasteiger partial charge is 0.496 e. The van der Waals surface area contributed by atoms with Gasteiger partial charge in [-0.1, -0.05) is 0 Å². The van der Waals surface area contributed by atoms with Crippen LogP contribution in [0.15, 0.2) is 18.2 Å². The number of hydrogen-bond acceptors (Lipinski definition) is 4. The number of aliphatic carboxylic acids is 2. The molecule has 2 fully saturated rings. The van der Waals surface area contributed by atoms with Gasteiger partial charge in [0.05, 0.1) is 12.7 Å². The van der Waals surface area contributed by atoms with Gasteiger partial charge in [0.1, 0.15) is 22.4 Å². The molecule has 2 atom stereocenters. The molecule has 1 aliphatic heterocycles. The molecule has 0 aromatic heterocycles. The normalized spacial score (nSPS) is 28.2. The Kier molecular flexibility index (Phi) is 3.10. The Labute approximate surface area is 130 Å². The van der Waals surface area contributed by atoms with Gasteiger partial charge in [0.2, 0.25) is 0 Å². The molecular formula is C15H14FNO6. The molecule has 0 radical (unpaired) electrons. The summed E-state index contributed by atoms with van der Waals surface area (Å²) in [5.41, 5.74) is -2.99. The van der Waals surface area contributed by atoms with Gasteiger partial charge >= 0.3 is 11.9 Å². The van der Waals surface area contributed by atoms with Gasteiger partial charge in [0.15, 0.2) is 0 Å². The van der Waals surface area contributed by atoms with Crippen LogP contribution >= 0.6 is 0 Å². The minimum atomic E-state index is -1.46. The van der Waals surface area contributed by atoms with Crippen molar-refractivity contribution in [3.05, 3.63) is 29.6 Å². The summed E-state index contributed by atoms with van der Waals surface area (Å²) in [6.45, 7) is -0.430. The molecule has 122 valence electrons. The minimum Gasteiger partial charge on any atom is -0.496 e. The van der Waals surface area contributed by atoms with Gasteiger partial charge in [-0.15, -0.1) is 0 Å². The van der Waals surface area contributed by atoms with Gasteiger partial charge in [-0.25, -0.2) is 4.39 Å². The van der Waals surface area contributed by atoms with Gasteiger partial charge in [-0.05, 0) is 24.6 Å². The van der Waals surface area contributed by atoms with Crippen molar-refractivity contribution in [1.29, 1.82) is 0 Å². The van der Waals surface area contributed by atoms with E-state index in [0.717, 1.165) is 17.0 Å². The molecule has 1 heterocycles. The van der Waals surface area contributed by atoms with Crippen molar-refractivity contribution in [3.63, 3.8) is 0 Å². The van der Waals surface area contributed by atoms with E-state index in [9.17, 15) is 29.0 Å². The summed E-state index contributed by atoms with van der Waals surface area (Å²) in [4.78, 5) is 36.7. The van der Waals surface area contributed by atoms with Gasteiger partial charge in [0, 0.05) is 13.1 Å². The number of nitrogens with zero attached hydrogens (tertiary/aromatic N) is 1. The van der Waals surface area contributed by atoms with Crippen LogP contribution < -0.4 is 4.74 Å². The van der Waals surface area contributed by atoms with E-state index in [1.165, 1.54) is 13.2 Å². The van der Waals surface area contributed by atoms with E-state index in [-0.39, 0.29) is 30.8 Å². The number of fused-ring (bicyclic) bond motifs is 1. The molecule has 0 unspecified atom stereocenters. The number of amides is 1. The van der Waals surface area contributed by atoms with Crippen LogP contribution in [0.1, 0.15) is 16.8 Å². The molecule has 1 aromatic rings. The number of carbonyl (C=O) groups is 3. The third kappa shape index (κ3) is 1.90. The zero-order chi connectivity index (χ0) is 17.0. The third-order valence-corrected chi connectivity index (χ3v) is 4.81. The number of halogens is 1. The first kappa shape index (κ1) is 15.3. The highest BCUT2D eigenvalue weighted by atomic mass is 19.1. The number of benzene rings is 1. The van der Waals surface area contributed by atoms with Gasteiger partial charge in [-0.2, -0.15) is 0 Å². The highest BCUT2D eigenvalue weighted by Crippen LogP contribution is 2.68. The maximum absolute atomic E-state index is 13.4. The van der Waals surface area contributed by atoms with Crippen molar-refractivity contribution in [3.8, 4) is 5.75 Å². The zero-order valence-electron chi connectivity index (χ0n) is 12.2. The molecular weight excluding hydrogens is 309 g/mol. The zero-order valence-corrected chi connectivity index (χ0v) is 12.2. The van der Waals surface area contributed by atoms with Crippen LogP contribution in [0, 0.1) is 16.6 Å². The van der Waals surface area contributed by atoms with Crippen molar-refractivity contribution >= 4 is 17.8 Å². The van der Waals surface area contributed by atoms with Crippen LogP contribution in [0.4, 0.5) is 4.39 Å². The lowest BCUT2D eigenvalue weighted by molar-refractivity contribution is -0.151. The smallest absolute Gasteiger partial charge is 0.312 e. The topological polar surface area (TPSA) is 104 Å². The van der Waals surface area contributed by atoms with Crippen LogP contribution in [0.3, 0.4) is 0 Å². The second kappa shape index (κ2) is 4.68. The number of carboxylic acids is 2. The van der Waals surface area contributed by atoms with Crippen molar-refractivity contribution < 1.29 is 33.7 Å². The molecule has 23 heavy (non-hydrogen) atoms. The number of methoxy groups -OCH3 is 1. The van der Waals surface area contributed by atoms with Crippen LogP contribution in [-0.2, 0) is 9.59 Å². The number of rotatable bonds is 4. The van der Waals surface area contributed by atoms with Crippen molar-refractivity contribution in [2.24, 2.45) is 10.8 Å². The van der Waals surface area contributed by atoms with Gasteiger partial charge in [-0.3, -0.25) is 14.4 Å². The van der Waals surface area contributed by atoms with Crippen LogP contribution in [0.25, 0.3) is 0 Å². The number of hydrogen-bond donors (Lipinski definition) is 2. The number of carboxylic acid groups (broad SMARTS) is 2. The SMILES string of the molecule is COc1ccc(F)cc1C(=O)N1C[C@@]2(C(=O)O)C[C@@]2(C(=O)O)C1. The fraction of sp³-hybridized carbons (Fsp3) is 0.400. The second-order valence-corrected chi connectivity index (χ2v) is 5.96. The van der Waals surface area contributed by atoms with E-state index in [2.05, 4.69) is 0 Å². The quantitative estimate of drug-likeness (QED) is 0.851. The first-order valence-electron chi connectivity index (χ1n) is 6.87. The number of carbonyl (C=O) groups excluding carboxylic acids is 1. The predicted molar refractivity (Wildman–Crippen MR) is 73.6 cm³/mol. The van der Waals surface area contributed by atoms with Crippen molar-refractivity contribution in [2.75, 3.05) is 20.2 Å². The summed E-state index contributed by atoms with van der Waals surface area (Å²) >= 11 is 0.